The van der Waals surface area contributed by atoms with E-state index in [4.69, 9.17) is 33.0 Å². The molecule has 0 saturated heterocycles. The zero-order valence-electron chi connectivity index (χ0n) is 10.1. The van der Waals surface area contributed by atoms with E-state index in [2.05, 4.69) is 5.32 Å². The number of ether oxygens (including phenoxy) is 1. The Kier molecular flexibility index (Phi) is 6.75. The summed E-state index contributed by atoms with van der Waals surface area (Å²) in [6.45, 7) is 3.00. The highest BCUT2D eigenvalue weighted by Gasteiger charge is 2.12. The molecule has 0 spiro atoms. The maximum absolute atomic E-state index is 9.27. The summed E-state index contributed by atoms with van der Waals surface area (Å²) in [7, 11) is 0. The predicted octanol–water partition coefficient (Wildman–Crippen LogP) is 1.83. The largest absolute Gasteiger partial charge is 0.489 e. The SMILES string of the molecule is CCNCc1cc(Cl)cc(Cl)c1OCC(O)CO. The first kappa shape index (κ1) is 15.5. The molecule has 1 rings (SSSR count). The van der Waals surface area contributed by atoms with Gasteiger partial charge < -0.3 is 20.3 Å². The number of aliphatic hydroxyl groups excluding tert-OH is 2. The molecule has 1 aromatic rings. The summed E-state index contributed by atoms with van der Waals surface area (Å²) < 4.78 is 5.43. The molecule has 0 radical (unpaired) electrons. The van der Waals surface area contributed by atoms with Gasteiger partial charge in [-0.25, -0.2) is 0 Å². The molecule has 0 heterocycles. The number of hydrogen-bond acceptors (Lipinski definition) is 4. The Bertz CT molecular complexity index is 388. The molecule has 0 aliphatic carbocycles. The molecule has 18 heavy (non-hydrogen) atoms. The average molecular weight is 294 g/mol. The summed E-state index contributed by atoms with van der Waals surface area (Å²) >= 11 is 12.0. The van der Waals surface area contributed by atoms with Gasteiger partial charge in [-0.1, -0.05) is 30.1 Å². The van der Waals surface area contributed by atoms with Crippen LogP contribution in [-0.2, 0) is 6.54 Å². The van der Waals surface area contributed by atoms with E-state index in [-0.39, 0.29) is 13.2 Å². The van der Waals surface area contributed by atoms with E-state index in [0.717, 1.165) is 12.1 Å². The topological polar surface area (TPSA) is 61.7 Å². The summed E-state index contributed by atoms with van der Waals surface area (Å²) in [5.41, 5.74) is 0.819. The molecule has 0 aliphatic heterocycles. The summed E-state index contributed by atoms with van der Waals surface area (Å²) in [4.78, 5) is 0. The second-order valence-corrected chi connectivity index (χ2v) is 4.65. The van der Waals surface area contributed by atoms with Crippen LogP contribution in [0.15, 0.2) is 12.1 Å². The van der Waals surface area contributed by atoms with Crippen molar-refractivity contribution in [2.75, 3.05) is 19.8 Å². The molecule has 4 nitrogen and oxygen atoms in total. The number of rotatable bonds is 7. The first-order chi connectivity index (χ1) is 8.58. The minimum atomic E-state index is -0.927. The molecule has 0 saturated carbocycles. The highest BCUT2D eigenvalue weighted by atomic mass is 35.5. The highest BCUT2D eigenvalue weighted by Crippen LogP contribution is 2.32. The van der Waals surface area contributed by atoms with Gasteiger partial charge in [0.1, 0.15) is 18.5 Å². The first-order valence-corrected chi connectivity index (χ1v) is 6.44. The van der Waals surface area contributed by atoms with Crippen molar-refractivity contribution in [2.45, 2.75) is 19.6 Å². The number of hydrogen-bond donors (Lipinski definition) is 3. The predicted molar refractivity (Wildman–Crippen MR) is 72.4 cm³/mol. The lowest BCUT2D eigenvalue weighted by molar-refractivity contribution is 0.0533. The van der Waals surface area contributed by atoms with Crippen molar-refractivity contribution in [2.24, 2.45) is 0 Å². The molecular weight excluding hydrogens is 277 g/mol. The molecule has 0 fully saturated rings. The lowest BCUT2D eigenvalue weighted by Gasteiger charge is -2.15. The Balaban J connectivity index is 2.85. The van der Waals surface area contributed by atoms with Gasteiger partial charge in [0.15, 0.2) is 0 Å². The van der Waals surface area contributed by atoms with Gasteiger partial charge in [-0.2, -0.15) is 0 Å². The van der Waals surface area contributed by atoms with E-state index in [1.807, 2.05) is 6.92 Å². The quantitative estimate of drug-likeness (QED) is 0.718. The molecule has 3 N–H and O–H groups in total. The monoisotopic (exact) mass is 293 g/mol. The standard InChI is InChI=1S/C12H17Cl2NO3/c1-2-15-5-8-3-9(13)4-11(14)12(8)18-7-10(17)6-16/h3-4,10,15-17H,2,5-7H2,1H3. The molecule has 1 aromatic carbocycles. The fourth-order valence-electron chi connectivity index (χ4n) is 1.40. The lowest BCUT2D eigenvalue weighted by Crippen LogP contribution is -2.22. The maximum Gasteiger partial charge on any atom is 0.142 e. The summed E-state index contributed by atoms with van der Waals surface area (Å²) in [6.07, 6.45) is -0.927. The van der Waals surface area contributed by atoms with Gasteiger partial charge >= 0.3 is 0 Å². The summed E-state index contributed by atoms with van der Waals surface area (Å²) in [5, 5.41) is 22.1. The van der Waals surface area contributed by atoms with Gasteiger partial charge in [-0.05, 0) is 18.7 Å². The third-order valence-corrected chi connectivity index (χ3v) is 2.78. The fraction of sp³-hybridized carbons (Fsp3) is 0.500. The molecular formula is C12H17Cl2NO3. The third-order valence-electron chi connectivity index (χ3n) is 2.28. The van der Waals surface area contributed by atoms with Crippen LogP contribution in [0.1, 0.15) is 12.5 Å². The molecule has 0 aliphatic rings. The molecule has 0 bridgehead atoms. The Labute approximate surface area is 116 Å². The normalized spacial score (nSPS) is 12.5. The van der Waals surface area contributed by atoms with Crippen LogP contribution in [-0.4, -0.2) is 36.1 Å². The van der Waals surface area contributed by atoms with Crippen LogP contribution < -0.4 is 10.1 Å². The summed E-state index contributed by atoms with van der Waals surface area (Å²) in [6, 6.07) is 3.34. The van der Waals surface area contributed by atoms with Gasteiger partial charge in [0.25, 0.3) is 0 Å². The maximum atomic E-state index is 9.27. The van der Waals surface area contributed by atoms with Crippen LogP contribution in [0.2, 0.25) is 10.0 Å². The molecule has 0 amide bonds. The zero-order valence-corrected chi connectivity index (χ0v) is 11.6. The number of nitrogens with one attached hydrogen (secondary N) is 1. The van der Waals surface area contributed by atoms with Crippen molar-refractivity contribution in [3.05, 3.63) is 27.7 Å². The van der Waals surface area contributed by atoms with Crippen LogP contribution in [0.25, 0.3) is 0 Å². The van der Waals surface area contributed by atoms with Crippen LogP contribution in [0.3, 0.4) is 0 Å². The lowest BCUT2D eigenvalue weighted by atomic mass is 10.2. The molecule has 1 atom stereocenters. The highest BCUT2D eigenvalue weighted by molar-refractivity contribution is 6.35. The second-order valence-electron chi connectivity index (χ2n) is 3.80. The Morgan fingerprint density at radius 3 is 2.72 bits per heavy atom. The first-order valence-electron chi connectivity index (χ1n) is 5.68. The van der Waals surface area contributed by atoms with Gasteiger partial charge in [0.05, 0.1) is 11.6 Å². The van der Waals surface area contributed by atoms with E-state index in [1.54, 1.807) is 12.1 Å². The molecule has 102 valence electrons. The van der Waals surface area contributed by atoms with E-state index >= 15 is 0 Å². The average Bonchev–Trinajstić information content (AvgIpc) is 2.34. The molecule has 0 aromatic heterocycles. The van der Waals surface area contributed by atoms with Gasteiger partial charge in [-0.15, -0.1) is 0 Å². The Morgan fingerprint density at radius 2 is 2.11 bits per heavy atom. The fourth-order valence-corrected chi connectivity index (χ4v) is 1.99. The van der Waals surface area contributed by atoms with Gasteiger partial charge in [-0.3, -0.25) is 0 Å². The Hall–Kier alpha value is -0.520. The van der Waals surface area contributed by atoms with Crippen molar-refractivity contribution >= 4 is 23.2 Å². The van der Waals surface area contributed by atoms with Crippen LogP contribution in [0, 0.1) is 0 Å². The summed E-state index contributed by atoms with van der Waals surface area (Å²) in [5.74, 6) is 0.481. The van der Waals surface area contributed by atoms with Crippen molar-refractivity contribution < 1.29 is 14.9 Å². The van der Waals surface area contributed by atoms with Crippen molar-refractivity contribution in [1.29, 1.82) is 0 Å². The van der Waals surface area contributed by atoms with Crippen molar-refractivity contribution in [3.8, 4) is 5.75 Å². The minimum absolute atomic E-state index is 0.0169. The van der Waals surface area contributed by atoms with Crippen LogP contribution >= 0.6 is 23.2 Å². The molecule has 1 unspecified atom stereocenters. The van der Waals surface area contributed by atoms with Gasteiger partial charge in [0.2, 0.25) is 0 Å². The third kappa shape index (κ3) is 4.63. The Morgan fingerprint density at radius 1 is 1.39 bits per heavy atom. The molecule has 6 heteroatoms. The van der Waals surface area contributed by atoms with E-state index in [0.29, 0.717) is 22.3 Å². The zero-order chi connectivity index (χ0) is 13.5. The van der Waals surface area contributed by atoms with Crippen molar-refractivity contribution in [1.82, 2.24) is 5.32 Å². The number of benzene rings is 1. The van der Waals surface area contributed by atoms with E-state index in [1.165, 1.54) is 0 Å². The van der Waals surface area contributed by atoms with Gasteiger partial charge in [0, 0.05) is 17.1 Å². The second kappa shape index (κ2) is 7.81. The minimum Gasteiger partial charge on any atom is -0.489 e. The van der Waals surface area contributed by atoms with Crippen LogP contribution in [0.5, 0.6) is 5.75 Å². The van der Waals surface area contributed by atoms with Crippen LogP contribution in [0.4, 0.5) is 0 Å². The smallest absolute Gasteiger partial charge is 0.142 e. The van der Waals surface area contributed by atoms with E-state index in [9.17, 15) is 5.11 Å². The number of aliphatic hydroxyl groups is 2. The van der Waals surface area contributed by atoms with Crippen molar-refractivity contribution in [3.63, 3.8) is 0 Å². The number of halogens is 2. The van der Waals surface area contributed by atoms with E-state index < -0.39 is 6.10 Å².